The number of nitrogens with zero attached hydrogens (tertiary/aromatic N) is 2. The number of hydrogen-bond donors (Lipinski definition) is 0. The van der Waals surface area contributed by atoms with Crippen LogP contribution in [0.3, 0.4) is 0 Å². The van der Waals surface area contributed by atoms with Crippen LogP contribution in [0, 0.1) is 0 Å². The van der Waals surface area contributed by atoms with E-state index in [2.05, 4.69) is 276 Å². The first kappa shape index (κ1) is 39.4. The fourth-order valence-electron chi connectivity index (χ4n) is 10.5. The van der Waals surface area contributed by atoms with Gasteiger partial charge in [-0.2, -0.15) is 0 Å². The second kappa shape index (κ2) is 16.5. The van der Waals surface area contributed by atoms with E-state index in [0.717, 1.165) is 11.4 Å². The summed E-state index contributed by atoms with van der Waals surface area (Å²) in [5, 5.41) is 4.94. The van der Waals surface area contributed by atoms with Crippen LogP contribution in [-0.4, -0.2) is 9.13 Å². The Kier molecular flexibility index (Phi) is 9.54. The maximum Gasteiger partial charge on any atom is 0.0547 e. The maximum absolute atomic E-state index is 2.46. The molecule has 0 aliphatic heterocycles. The van der Waals surface area contributed by atoms with Crippen LogP contribution in [0.15, 0.2) is 267 Å². The first-order valence-corrected chi connectivity index (χ1v) is 23.4. The molecule has 0 unspecified atom stereocenters. The summed E-state index contributed by atoms with van der Waals surface area (Å²) in [5.41, 5.74) is 21.4. The molecule has 68 heavy (non-hydrogen) atoms. The van der Waals surface area contributed by atoms with Crippen molar-refractivity contribution in [3.8, 4) is 78.1 Å². The molecule has 2 nitrogen and oxygen atoms in total. The topological polar surface area (TPSA) is 9.86 Å². The maximum atomic E-state index is 2.46. The average molecular weight is 865 g/mol. The largest absolute Gasteiger partial charge is 0.309 e. The molecule has 0 amide bonds. The summed E-state index contributed by atoms with van der Waals surface area (Å²) in [6.07, 6.45) is 0. The van der Waals surface area contributed by atoms with Crippen molar-refractivity contribution in [1.82, 2.24) is 9.13 Å². The summed E-state index contributed by atoms with van der Waals surface area (Å²) in [6.45, 7) is 0. The van der Waals surface area contributed by atoms with Gasteiger partial charge in [-0.3, -0.25) is 0 Å². The number of hydrogen-bond acceptors (Lipinski definition) is 0. The van der Waals surface area contributed by atoms with E-state index in [1.807, 2.05) is 0 Å². The Balaban J connectivity index is 0.960. The molecule has 0 saturated carbocycles. The zero-order valence-corrected chi connectivity index (χ0v) is 37.3. The minimum absolute atomic E-state index is 1.13. The zero-order valence-electron chi connectivity index (χ0n) is 37.3. The Labute approximate surface area is 395 Å². The van der Waals surface area contributed by atoms with Crippen LogP contribution < -0.4 is 0 Å². The molecule has 0 radical (unpaired) electrons. The third-order valence-corrected chi connectivity index (χ3v) is 13.7. The molecular weight excluding hydrogens is 821 g/mol. The molecule has 0 fully saturated rings. The minimum atomic E-state index is 1.13. The molecule has 2 heterocycles. The third kappa shape index (κ3) is 6.73. The highest BCUT2D eigenvalue weighted by Crippen LogP contribution is 2.43. The van der Waals surface area contributed by atoms with E-state index in [-0.39, 0.29) is 0 Å². The Bertz CT molecular complexity index is 3980. The average Bonchev–Trinajstić information content (AvgIpc) is 3.94. The van der Waals surface area contributed by atoms with E-state index >= 15 is 0 Å². The number of rotatable bonds is 8. The quantitative estimate of drug-likeness (QED) is 0.144. The fourth-order valence-corrected chi connectivity index (χ4v) is 10.5. The van der Waals surface area contributed by atoms with Gasteiger partial charge in [0.25, 0.3) is 0 Å². The molecule has 2 heteroatoms. The highest BCUT2D eigenvalue weighted by Gasteiger charge is 2.20. The molecule has 13 aromatic rings. The van der Waals surface area contributed by atoms with Gasteiger partial charge in [-0.05, 0) is 128 Å². The zero-order chi connectivity index (χ0) is 45.0. The first-order chi connectivity index (χ1) is 33.7. The molecule has 318 valence electrons. The van der Waals surface area contributed by atoms with Gasteiger partial charge in [0.05, 0.1) is 27.8 Å². The van der Waals surface area contributed by atoms with Crippen LogP contribution in [0.1, 0.15) is 0 Å². The van der Waals surface area contributed by atoms with Crippen molar-refractivity contribution in [2.24, 2.45) is 0 Å². The van der Waals surface area contributed by atoms with Gasteiger partial charge in [-0.25, -0.2) is 0 Å². The lowest BCUT2D eigenvalue weighted by atomic mass is 9.96. The minimum Gasteiger partial charge on any atom is -0.309 e. The van der Waals surface area contributed by atoms with Gasteiger partial charge in [-0.15, -0.1) is 0 Å². The van der Waals surface area contributed by atoms with Crippen molar-refractivity contribution in [1.29, 1.82) is 0 Å². The second-order valence-corrected chi connectivity index (χ2v) is 17.7. The summed E-state index contributed by atoms with van der Waals surface area (Å²) >= 11 is 0. The second-order valence-electron chi connectivity index (χ2n) is 17.7. The lowest BCUT2D eigenvalue weighted by Crippen LogP contribution is -1.98. The smallest absolute Gasteiger partial charge is 0.0547 e. The van der Waals surface area contributed by atoms with E-state index in [4.69, 9.17) is 0 Å². The molecule has 0 atom stereocenters. The van der Waals surface area contributed by atoms with Gasteiger partial charge < -0.3 is 9.13 Å². The van der Waals surface area contributed by atoms with Crippen molar-refractivity contribution in [2.45, 2.75) is 0 Å². The SMILES string of the molecule is c1ccc(-c2cccc(-c3ccc(-n4c5ccc(-c6ccc7c(c6)c6ccccc6n7-c6ccc(-c7ccccc7)cc6-c6ccccc6)cc5c5c(-c6ccccc6)cccc54)cc3)c2)cc1. The standard InChI is InChI=1S/C66H44N2/c1-5-17-45(18-6-1)50-25-15-26-51(41-50)47-31-36-55(37-32-47)67-64-40-35-54(44-60(64)66-56(28-16-30-65(66)67)48-21-9-3-10-22-48)53-34-39-63-59(43-53)57-27-13-14-29-61(57)68(63)62-38-33-52(46-19-7-2-8-20-46)42-58(62)49-23-11-4-12-24-49/h1-44H. The highest BCUT2D eigenvalue weighted by atomic mass is 15.0. The van der Waals surface area contributed by atoms with E-state index < -0.39 is 0 Å². The number of fused-ring (bicyclic) bond motifs is 6. The Morgan fingerprint density at radius 3 is 1.28 bits per heavy atom. The lowest BCUT2D eigenvalue weighted by Gasteiger charge is -2.16. The van der Waals surface area contributed by atoms with Crippen molar-refractivity contribution in [3.05, 3.63) is 267 Å². The van der Waals surface area contributed by atoms with Crippen molar-refractivity contribution in [3.63, 3.8) is 0 Å². The van der Waals surface area contributed by atoms with Crippen LogP contribution in [0.5, 0.6) is 0 Å². The Hall–Kier alpha value is -8.98. The van der Waals surface area contributed by atoms with Crippen molar-refractivity contribution >= 4 is 43.6 Å². The molecule has 2 aromatic heterocycles. The predicted octanol–water partition coefficient (Wildman–Crippen LogP) is 17.9. The summed E-state index contributed by atoms with van der Waals surface area (Å²) in [5.74, 6) is 0. The summed E-state index contributed by atoms with van der Waals surface area (Å²) in [7, 11) is 0. The Morgan fingerprint density at radius 1 is 0.206 bits per heavy atom. The van der Waals surface area contributed by atoms with Crippen molar-refractivity contribution in [2.75, 3.05) is 0 Å². The summed E-state index contributed by atoms with van der Waals surface area (Å²) < 4.78 is 4.90. The summed E-state index contributed by atoms with van der Waals surface area (Å²) in [4.78, 5) is 0. The van der Waals surface area contributed by atoms with Gasteiger partial charge in [0.1, 0.15) is 0 Å². The molecule has 0 spiro atoms. The van der Waals surface area contributed by atoms with Crippen LogP contribution in [0.4, 0.5) is 0 Å². The van der Waals surface area contributed by atoms with Crippen LogP contribution in [0.2, 0.25) is 0 Å². The molecule has 0 saturated heterocycles. The molecule has 0 aliphatic rings. The van der Waals surface area contributed by atoms with E-state index in [1.54, 1.807) is 0 Å². The van der Waals surface area contributed by atoms with Gasteiger partial charge in [0.2, 0.25) is 0 Å². The number of benzene rings is 11. The highest BCUT2D eigenvalue weighted by molar-refractivity contribution is 6.17. The van der Waals surface area contributed by atoms with Gasteiger partial charge in [0, 0.05) is 32.8 Å². The molecule has 0 N–H and O–H groups in total. The predicted molar refractivity (Wildman–Crippen MR) is 288 cm³/mol. The third-order valence-electron chi connectivity index (χ3n) is 13.7. The van der Waals surface area contributed by atoms with Gasteiger partial charge in [0.15, 0.2) is 0 Å². The number of aromatic nitrogens is 2. The van der Waals surface area contributed by atoms with E-state index in [0.29, 0.717) is 0 Å². The molecular formula is C66H44N2. The van der Waals surface area contributed by atoms with Crippen molar-refractivity contribution < 1.29 is 0 Å². The fraction of sp³-hybridized carbons (Fsp3) is 0. The number of para-hydroxylation sites is 1. The first-order valence-electron chi connectivity index (χ1n) is 23.4. The van der Waals surface area contributed by atoms with Crippen LogP contribution in [-0.2, 0) is 0 Å². The molecule has 0 aliphatic carbocycles. The molecule has 11 aromatic carbocycles. The molecule has 13 rings (SSSR count). The van der Waals surface area contributed by atoms with Crippen LogP contribution >= 0.6 is 0 Å². The van der Waals surface area contributed by atoms with Crippen LogP contribution in [0.25, 0.3) is 122 Å². The normalized spacial score (nSPS) is 11.5. The summed E-state index contributed by atoms with van der Waals surface area (Å²) in [6, 6.07) is 97.4. The lowest BCUT2D eigenvalue weighted by molar-refractivity contribution is 1.18. The van der Waals surface area contributed by atoms with E-state index in [1.165, 1.54) is 110 Å². The monoisotopic (exact) mass is 864 g/mol. The van der Waals surface area contributed by atoms with E-state index in [9.17, 15) is 0 Å². The van der Waals surface area contributed by atoms with Gasteiger partial charge >= 0.3 is 0 Å². The molecule has 0 bridgehead atoms. The Morgan fingerprint density at radius 2 is 0.632 bits per heavy atom. The van der Waals surface area contributed by atoms with Gasteiger partial charge in [-0.1, -0.05) is 200 Å².